The zero-order valence-corrected chi connectivity index (χ0v) is 18.9. The van der Waals surface area contributed by atoms with E-state index in [0.717, 1.165) is 29.2 Å². The normalized spacial score (nSPS) is 13.1. The Morgan fingerprint density at radius 2 is 1.78 bits per heavy atom. The smallest absolute Gasteiger partial charge is 0.237 e. The van der Waals surface area contributed by atoms with E-state index in [2.05, 4.69) is 39.0 Å². The Balaban J connectivity index is 1.38. The summed E-state index contributed by atoms with van der Waals surface area (Å²) in [6.45, 7) is 0. The highest BCUT2D eigenvalue weighted by atomic mass is 32.2. The Bertz CT molecular complexity index is 1220. The average molecular weight is 449 g/mol. The second-order valence-electron chi connectivity index (χ2n) is 7.54. The molecule has 0 aliphatic heterocycles. The van der Waals surface area contributed by atoms with Gasteiger partial charge < -0.3 is 14.0 Å². The van der Waals surface area contributed by atoms with E-state index in [-0.39, 0.29) is 0 Å². The van der Waals surface area contributed by atoms with Gasteiger partial charge in [0.2, 0.25) is 11.7 Å². The number of thioether (sulfide) groups is 1. The van der Waals surface area contributed by atoms with Crippen LogP contribution in [0.2, 0.25) is 0 Å². The largest absolute Gasteiger partial charge is 0.493 e. The van der Waals surface area contributed by atoms with E-state index in [0.29, 0.717) is 29.0 Å². The second-order valence-corrected chi connectivity index (χ2v) is 8.48. The lowest BCUT2D eigenvalue weighted by atomic mass is 10.0. The van der Waals surface area contributed by atoms with Gasteiger partial charge in [-0.2, -0.15) is 4.98 Å². The fourth-order valence-electron chi connectivity index (χ4n) is 3.99. The Labute approximate surface area is 190 Å². The van der Waals surface area contributed by atoms with Crippen LogP contribution in [0.15, 0.2) is 58.2 Å². The number of benzene rings is 2. The maximum atomic E-state index is 5.53. The Morgan fingerprint density at radius 3 is 2.59 bits per heavy atom. The molecule has 0 N–H and O–H groups in total. The summed E-state index contributed by atoms with van der Waals surface area (Å²) in [5.74, 6) is 2.91. The van der Waals surface area contributed by atoms with E-state index in [1.54, 1.807) is 26.0 Å². The van der Waals surface area contributed by atoms with Crippen molar-refractivity contribution in [1.82, 2.24) is 19.7 Å². The summed E-state index contributed by atoms with van der Waals surface area (Å²) in [5, 5.41) is 5.12. The average Bonchev–Trinajstić information content (AvgIpc) is 3.47. The van der Waals surface area contributed by atoms with Gasteiger partial charge in [0.1, 0.15) is 0 Å². The molecule has 7 nitrogen and oxygen atoms in total. The summed E-state index contributed by atoms with van der Waals surface area (Å²) in [6.07, 6.45) is 4.49. The summed E-state index contributed by atoms with van der Waals surface area (Å²) in [6, 6.07) is 16.0. The molecule has 164 valence electrons. The van der Waals surface area contributed by atoms with Crippen LogP contribution in [0.1, 0.15) is 30.1 Å². The minimum Gasteiger partial charge on any atom is -0.493 e. The Hall–Kier alpha value is -3.26. The standard InChI is InChI=1S/C24H24N4O3S/c1-29-20-13-12-16(14-21(20)30-2)23-26-22(31-27-23)15-32-24-25-18-10-6-7-11-19(18)28(24)17-8-4-3-5-9-17/h3-5,8-9,12-14H,6-7,10-11,15H2,1-2H3. The van der Waals surface area contributed by atoms with Crippen LogP contribution >= 0.6 is 11.8 Å². The predicted molar refractivity (Wildman–Crippen MR) is 123 cm³/mol. The van der Waals surface area contributed by atoms with Crippen molar-refractivity contribution in [1.29, 1.82) is 0 Å². The third kappa shape index (κ3) is 3.98. The third-order valence-electron chi connectivity index (χ3n) is 5.55. The van der Waals surface area contributed by atoms with E-state index in [9.17, 15) is 0 Å². The molecule has 0 bridgehead atoms. The zero-order chi connectivity index (χ0) is 21.9. The van der Waals surface area contributed by atoms with Crippen LogP contribution in [0.4, 0.5) is 0 Å². The molecule has 0 amide bonds. The van der Waals surface area contributed by atoms with Gasteiger partial charge in [-0.1, -0.05) is 35.1 Å². The van der Waals surface area contributed by atoms with Gasteiger partial charge in [0.05, 0.1) is 25.7 Å². The number of fused-ring (bicyclic) bond motifs is 1. The first-order valence-electron chi connectivity index (χ1n) is 10.6. The van der Waals surface area contributed by atoms with Gasteiger partial charge in [0, 0.05) is 16.9 Å². The molecular weight excluding hydrogens is 424 g/mol. The number of nitrogens with zero attached hydrogens (tertiary/aromatic N) is 4. The monoisotopic (exact) mass is 448 g/mol. The van der Waals surface area contributed by atoms with Crippen molar-refractivity contribution in [2.24, 2.45) is 0 Å². The van der Waals surface area contributed by atoms with Gasteiger partial charge in [0.15, 0.2) is 16.7 Å². The predicted octanol–water partition coefficient (Wildman–Crippen LogP) is 5.11. The topological polar surface area (TPSA) is 75.2 Å². The molecule has 1 aliphatic carbocycles. The van der Waals surface area contributed by atoms with Crippen LogP contribution in [-0.2, 0) is 18.6 Å². The minimum absolute atomic E-state index is 0.521. The summed E-state index contributed by atoms with van der Waals surface area (Å²) in [7, 11) is 3.22. The van der Waals surface area contributed by atoms with Gasteiger partial charge in [0.25, 0.3) is 0 Å². The van der Waals surface area contributed by atoms with Gasteiger partial charge in [-0.05, 0) is 56.0 Å². The number of ether oxygens (including phenoxy) is 2. The molecule has 8 heteroatoms. The summed E-state index contributed by atoms with van der Waals surface area (Å²) in [4.78, 5) is 9.53. The third-order valence-corrected chi connectivity index (χ3v) is 6.47. The SMILES string of the molecule is COc1ccc(-c2noc(CSc3nc4c(n3-c3ccccc3)CCCC4)n2)cc1OC. The van der Waals surface area contributed by atoms with Crippen molar-refractivity contribution in [2.45, 2.75) is 36.6 Å². The number of hydrogen-bond acceptors (Lipinski definition) is 7. The molecule has 32 heavy (non-hydrogen) atoms. The molecule has 4 aromatic rings. The molecule has 0 unspecified atom stereocenters. The lowest BCUT2D eigenvalue weighted by molar-refractivity contribution is 0.355. The zero-order valence-electron chi connectivity index (χ0n) is 18.1. The summed E-state index contributed by atoms with van der Waals surface area (Å²) >= 11 is 1.62. The number of imidazole rings is 1. The summed E-state index contributed by atoms with van der Waals surface area (Å²) < 4.78 is 18.5. The summed E-state index contributed by atoms with van der Waals surface area (Å²) in [5.41, 5.74) is 4.48. The van der Waals surface area contributed by atoms with Crippen molar-refractivity contribution in [3.63, 3.8) is 0 Å². The molecule has 0 spiro atoms. The van der Waals surface area contributed by atoms with E-state index >= 15 is 0 Å². The van der Waals surface area contributed by atoms with Crippen LogP contribution in [0.25, 0.3) is 17.1 Å². The first-order chi connectivity index (χ1) is 15.8. The molecule has 0 fully saturated rings. The lowest BCUT2D eigenvalue weighted by Crippen LogP contribution is -2.07. The highest BCUT2D eigenvalue weighted by molar-refractivity contribution is 7.98. The first kappa shape index (κ1) is 20.6. The van der Waals surface area contributed by atoms with Crippen molar-refractivity contribution < 1.29 is 14.0 Å². The molecule has 0 atom stereocenters. The van der Waals surface area contributed by atoms with Crippen molar-refractivity contribution in [3.05, 3.63) is 65.8 Å². The number of aromatic nitrogens is 4. The van der Waals surface area contributed by atoms with Crippen molar-refractivity contribution in [2.75, 3.05) is 14.2 Å². The molecule has 5 rings (SSSR count). The van der Waals surface area contributed by atoms with Gasteiger partial charge >= 0.3 is 0 Å². The molecule has 1 aliphatic rings. The number of methoxy groups -OCH3 is 2. The van der Waals surface area contributed by atoms with Gasteiger partial charge in [-0.3, -0.25) is 4.57 Å². The Morgan fingerprint density at radius 1 is 0.969 bits per heavy atom. The molecule has 2 heterocycles. The van der Waals surface area contributed by atoms with Crippen LogP contribution in [0.3, 0.4) is 0 Å². The second kappa shape index (κ2) is 9.08. The molecular formula is C24H24N4O3S. The molecule has 0 saturated heterocycles. The maximum Gasteiger partial charge on any atom is 0.237 e. The van der Waals surface area contributed by atoms with Crippen LogP contribution < -0.4 is 9.47 Å². The number of hydrogen-bond donors (Lipinski definition) is 0. The Kier molecular flexibility index (Phi) is 5.85. The van der Waals surface area contributed by atoms with Gasteiger partial charge in [-0.25, -0.2) is 4.98 Å². The van der Waals surface area contributed by atoms with Crippen LogP contribution in [0, 0.1) is 0 Å². The highest BCUT2D eigenvalue weighted by Gasteiger charge is 2.22. The van der Waals surface area contributed by atoms with Crippen LogP contribution in [0.5, 0.6) is 11.5 Å². The first-order valence-corrected chi connectivity index (χ1v) is 11.6. The van der Waals surface area contributed by atoms with Crippen molar-refractivity contribution >= 4 is 11.8 Å². The quantitative estimate of drug-likeness (QED) is 0.364. The molecule has 2 aromatic heterocycles. The van der Waals surface area contributed by atoms with E-state index in [4.69, 9.17) is 19.0 Å². The minimum atomic E-state index is 0.521. The molecule has 2 aromatic carbocycles. The number of para-hydroxylation sites is 1. The highest BCUT2D eigenvalue weighted by Crippen LogP contribution is 2.33. The maximum absolute atomic E-state index is 5.53. The van der Waals surface area contributed by atoms with Gasteiger partial charge in [-0.15, -0.1) is 0 Å². The molecule has 0 saturated carbocycles. The number of rotatable bonds is 7. The van der Waals surface area contributed by atoms with E-state index in [1.807, 2.05) is 24.3 Å². The van der Waals surface area contributed by atoms with Crippen molar-refractivity contribution in [3.8, 4) is 28.6 Å². The molecule has 0 radical (unpaired) electrons. The van der Waals surface area contributed by atoms with E-state index in [1.165, 1.54) is 24.2 Å². The van der Waals surface area contributed by atoms with Crippen LogP contribution in [-0.4, -0.2) is 33.9 Å². The van der Waals surface area contributed by atoms with E-state index < -0.39 is 0 Å². The number of aryl methyl sites for hydroxylation is 1. The lowest BCUT2D eigenvalue weighted by Gasteiger charge is -2.15. The fourth-order valence-corrected chi connectivity index (χ4v) is 4.88. The fraction of sp³-hybridized carbons (Fsp3) is 0.292.